The summed E-state index contributed by atoms with van der Waals surface area (Å²) < 4.78 is 2.58. The number of rotatable bonds is 4. The van der Waals surface area contributed by atoms with Crippen molar-refractivity contribution in [2.75, 3.05) is 4.90 Å². The summed E-state index contributed by atoms with van der Waals surface area (Å²) in [6, 6.07) is 66.5. The van der Waals surface area contributed by atoms with Crippen molar-refractivity contribution in [3.63, 3.8) is 0 Å². The van der Waals surface area contributed by atoms with Crippen molar-refractivity contribution in [1.82, 2.24) is 0 Å². The molecule has 53 heavy (non-hydrogen) atoms. The number of fused-ring (bicyclic) bond motifs is 12. The largest absolute Gasteiger partial charge is 0.309 e. The Bertz CT molecular complexity index is 2850. The quantitative estimate of drug-likeness (QED) is 0.177. The molecule has 1 aliphatic carbocycles. The monoisotopic (exact) mass is 731 g/mol. The minimum atomic E-state index is -0.534. The predicted molar refractivity (Wildman–Crippen MR) is 226 cm³/mol. The lowest BCUT2D eigenvalue weighted by Gasteiger charge is -2.41. The normalized spacial score (nSPS) is 13.5. The number of nitrogens with zero attached hydrogens (tertiary/aromatic N) is 1. The SMILES string of the molecule is Clc1ccc2c(c1)C1(c3ccccc3-c3ccccc31)c1cccc(N(c3ccccc3)c3ccc(-c4ccccc4)c4sc5ccccc5c34)c1S2. The fourth-order valence-corrected chi connectivity index (χ4v) is 11.6. The van der Waals surface area contributed by atoms with Gasteiger partial charge in [0.1, 0.15) is 0 Å². The van der Waals surface area contributed by atoms with Gasteiger partial charge >= 0.3 is 0 Å². The third-order valence-corrected chi connectivity index (χ3v) is 13.6. The summed E-state index contributed by atoms with van der Waals surface area (Å²) in [6.07, 6.45) is 0. The Morgan fingerprint density at radius 3 is 1.92 bits per heavy atom. The number of hydrogen-bond acceptors (Lipinski definition) is 3. The number of benzene rings is 8. The van der Waals surface area contributed by atoms with Gasteiger partial charge in [-0.25, -0.2) is 0 Å². The van der Waals surface area contributed by atoms with Crippen molar-refractivity contribution < 1.29 is 0 Å². The van der Waals surface area contributed by atoms with Crippen molar-refractivity contribution in [2.24, 2.45) is 0 Å². The first-order chi connectivity index (χ1) is 26.2. The van der Waals surface area contributed by atoms with Crippen LogP contribution in [0.1, 0.15) is 22.3 Å². The first-order valence-electron chi connectivity index (χ1n) is 17.9. The highest BCUT2D eigenvalue weighted by Crippen LogP contribution is 2.64. The van der Waals surface area contributed by atoms with Crippen LogP contribution in [0, 0.1) is 0 Å². The maximum Gasteiger partial charge on any atom is 0.0736 e. The average Bonchev–Trinajstić information content (AvgIpc) is 3.75. The van der Waals surface area contributed by atoms with Crippen LogP contribution in [0.3, 0.4) is 0 Å². The Kier molecular flexibility index (Phi) is 7.00. The third-order valence-electron chi connectivity index (χ3n) is 11.0. The maximum atomic E-state index is 6.89. The van der Waals surface area contributed by atoms with Gasteiger partial charge in [0, 0.05) is 40.7 Å². The molecule has 1 nitrogen and oxygen atoms in total. The van der Waals surface area contributed by atoms with Crippen LogP contribution in [0.25, 0.3) is 42.4 Å². The highest BCUT2D eigenvalue weighted by atomic mass is 35.5. The van der Waals surface area contributed by atoms with Gasteiger partial charge < -0.3 is 4.90 Å². The summed E-state index contributed by atoms with van der Waals surface area (Å²) in [7, 11) is 0. The molecule has 2 aliphatic rings. The van der Waals surface area contributed by atoms with Crippen LogP contribution in [0.4, 0.5) is 17.1 Å². The van der Waals surface area contributed by atoms with Crippen LogP contribution in [-0.4, -0.2) is 0 Å². The molecule has 1 spiro atoms. The lowest BCUT2D eigenvalue weighted by molar-refractivity contribution is 0.722. The number of halogens is 1. The van der Waals surface area contributed by atoms with Gasteiger partial charge in [-0.2, -0.15) is 0 Å². The van der Waals surface area contributed by atoms with Gasteiger partial charge in [0.15, 0.2) is 0 Å². The van der Waals surface area contributed by atoms with E-state index < -0.39 is 5.41 Å². The molecule has 0 saturated heterocycles. The standard InChI is InChI=1S/C49H30ClNS2/c50-32-26-29-45-41(30-32)49(38-21-10-7-18-35(38)36-19-8-11-22-39(36)49)40-23-13-24-43(48(40)53-45)51(33-16-5-2-6-17-33)42-28-27-34(31-14-3-1-4-15-31)47-46(42)37-20-9-12-25-44(37)52-47/h1-30H. The lowest BCUT2D eigenvalue weighted by Crippen LogP contribution is -2.32. The molecule has 1 aliphatic heterocycles. The van der Waals surface area contributed by atoms with Crippen LogP contribution in [-0.2, 0) is 5.41 Å². The van der Waals surface area contributed by atoms with E-state index in [0.717, 1.165) is 16.4 Å². The van der Waals surface area contributed by atoms with Gasteiger partial charge in [0.25, 0.3) is 0 Å². The zero-order chi connectivity index (χ0) is 35.1. The second kappa shape index (κ2) is 12.0. The van der Waals surface area contributed by atoms with E-state index in [2.05, 4.69) is 181 Å². The Hall–Kier alpha value is -5.58. The fourth-order valence-electron chi connectivity index (χ4n) is 8.89. The Labute approximate surface area is 321 Å². The summed E-state index contributed by atoms with van der Waals surface area (Å²) >= 11 is 10.6. The molecule has 0 radical (unpaired) electrons. The van der Waals surface area contributed by atoms with Gasteiger partial charge in [0.2, 0.25) is 0 Å². The molecule has 0 fully saturated rings. The van der Waals surface area contributed by atoms with Crippen LogP contribution >= 0.6 is 34.7 Å². The second-order valence-corrected chi connectivity index (χ2v) is 16.2. The molecule has 0 N–H and O–H groups in total. The maximum absolute atomic E-state index is 6.89. The van der Waals surface area contributed by atoms with Crippen LogP contribution in [0.15, 0.2) is 192 Å². The molecule has 250 valence electrons. The Morgan fingerprint density at radius 1 is 0.491 bits per heavy atom. The van der Waals surface area contributed by atoms with E-state index in [1.54, 1.807) is 0 Å². The first-order valence-corrected chi connectivity index (χ1v) is 19.9. The highest BCUT2D eigenvalue weighted by molar-refractivity contribution is 7.99. The van der Waals surface area contributed by atoms with Crippen molar-refractivity contribution in [2.45, 2.75) is 15.2 Å². The number of thiophene rings is 1. The van der Waals surface area contributed by atoms with Gasteiger partial charge in [-0.05, 0) is 93.0 Å². The molecule has 4 heteroatoms. The molecule has 0 atom stereocenters. The Morgan fingerprint density at radius 2 is 1.15 bits per heavy atom. The molecule has 0 bridgehead atoms. The minimum Gasteiger partial charge on any atom is -0.309 e. The lowest BCUT2D eigenvalue weighted by atomic mass is 9.67. The van der Waals surface area contributed by atoms with Gasteiger partial charge in [0.05, 0.1) is 16.8 Å². The molecule has 0 unspecified atom stereocenters. The molecular weight excluding hydrogens is 702 g/mol. The molecule has 11 rings (SSSR count). The van der Waals surface area contributed by atoms with E-state index in [-0.39, 0.29) is 0 Å². The van der Waals surface area contributed by atoms with E-state index in [1.807, 2.05) is 29.2 Å². The number of hydrogen-bond donors (Lipinski definition) is 0. The average molecular weight is 732 g/mol. The van der Waals surface area contributed by atoms with Crippen molar-refractivity contribution in [3.05, 3.63) is 209 Å². The smallest absolute Gasteiger partial charge is 0.0736 e. The molecular formula is C49H30ClNS2. The summed E-state index contributed by atoms with van der Waals surface area (Å²) in [5.41, 5.74) is 13.1. The molecule has 9 aromatic rings. The van der Waals surface area contributed by atoms with Gasteiger partial charge in [-0.3, -0.25) is 0 Å². The molecule has 0 amide bonds. The van der Waals surface area contributed by atoms with Crippen LogP contribution < -0.4 is 4.90 Å². The van der Waals surface area contributed by atoms with Crippen molar-refractivity contribution >= 4 is 71.9 Å². The summed E-state index contributed by atoms with van der Waals surface area (Å²) in [5.74, 6) is 0. The van der Waals surface area contributed by atoms with E-state index in [1.165, 1.54) is 80.2 Å². The zero-order valence-electron chi connectivity index (χ0n) is 28.5. The minimum absolute atomic E-state index is 0.534. The summed E-state index contributed by atoms with van der Waals surface area (Å²) in [5, 5.41) is 3.29. The summed E-state index contributed by atoms with van der Waals surface area (Å²) in [6.45, 7) is 0. The van der Waals surface area contributed by atoms with Gasteiger partial charge in [-0.15, -0.1) is 11.3 Å². The predicted octanol–water partition coefficient (Wildman–Crippen LogP) is 14.7. The van der Waals surface area contributed by atoms with E-state index in [4.69, 9.17) is 11.6 Å². The highest BCUT2D eigenvalue weighted by Gasteiger charge is 2.51. The second-order valence-electron chi connectivity index (χ2n) is 13.7. The number of anilines is 3. The first kappa shape index (κ1) is 31.0. The molecule has 1 aromatic heterocycles. The molecule has 8 aromatic carbocycles. The van der Waals surface area contributed by atoms with E-state index >= 15 is 0 Å². The topological polar surface area (TPSA) is 3.24 Å². The van der Waals surface area contributed by atoms with Crippen molar-refractivity contribution in [1.29, 1.82) is 0 Å². The van der Waals surface area contributed by atoms with Gasteiger partial charge in [-0.1, -0.05) is 157 Å². The van der Waals surface area contributed by atoms with Crippen LogP contribution in [0.5, 0.6) is 0 Å². The van der Waals surface area contributed by atoms with E-state index in [9.17, 15) is 0 Å². The van der Waals surface area contributed by atoms with Crippen LogP contribution in [0.2, 0.25) is 5.02 Å². The Balaban J connectivity index is 1.25. The van der Waals surface area contributed by atoms with Crippen molar-refractivity contribution in [3.8, 4) is 22.3 Å². The molecule has 0 saturated carbocycles. The fraction of sp³-hybridized carbons (Fsp3) is 0.0204. The summed E-state index contributed by atoms with van der Waals surface area (Å²) in [4.78, 5) is 4.97. The zero-order valence-corrected chi connectivity index (χ0v) is 30.9. The number of para-hydroxylation sites is 1. The molecule has 2 heterocycles. The third kappa shape index (κ3) is 4.45. The van der Waals surface area contributed by atoms with E-state index in [0.29, 0.717) is 0 Å².